The van der Waals surface area contributed by atoms with Crippen molar-refractivity contribution in [2.24, 2.45) is 0 Å². The van der Waals surface area contributed by atoms with Crippen LogP contribution in [0.5, 0.6) is 0 Å². The average molecular weight is 224 g/mol. The molecule has 0 saturated carbocycles. The topological polar surface area (TPSA) is 33.2 Å². The third-order valence-electron chi connectivity index (χ3n) is 2.92. The summed E-state index contributed by atoms with van der Waals surface area (Å²) in [5.74, 6) is 0.403. The molecule has 4 heteroatoms. The summed E-state index contributed by atoms with van der Waals surface area (Å²) in [6, 6.07) is 0.415. The van der Waals surface area contributed by atoms with E-state index in [1.54, 1.807) is 11.3 Å². The number of hydrogen-bond acceptors (Lipinski definition) is 4. The average Bonchev–Trinajstić information content (AvgIpc) is 2.75. The van der Waals surface area contributed by atoms with Gasteiger partial charge >= 0.3 is 0 Å². The third kappa shape index (κ3) is 2.44. The lowest BCUT2D eigenvalue weighted by Gasteiger charge is -2.32. The summed E-state index contributed by atoms with van der Waals surface area (Å²) in [5, 5.41) is 3.21. The van der Waals surface area contributed by atoms with Crippen molar-refractivity contribution in [3.8, 4) is 0 Å². The Labute approximate surface area is 94.1 Å². The lowest BCUT2D eigenvalue weighted by Crippen LogP contribution is -2.36. The molecule has 0 N–H and O–H groups in total. The summed E-state index contributed by atoms with van der Waals surface area (Å²) in [5.41, 5.74) is 0. The highest BCUT2D eigenvalue weighted by molar-refractivity contribution is 7.09. The number of piperidine rings is 1. The van der Waals surface area contributed by atoms with E-state index >= 15 is 0 Å². The van der Waals surface area contributed by atoms with Crippen LogP contribution in [-0.4, -0.2) is 28.8 Å². The molecule has 0 aromatic carbocycles. The van der Waals surface area contributed by atoms with Crippen molar-refractivity contribution in [2.45, 2.75) is 32.2 Å². The molecular weight excluding hydrogens is 208 g/mol. The van der Waals surface area contributed by atoms with Gasteiger partial charge in [0.15, 0.2) is 0 Å². The number of carbonyl (C=O) groups excluding carboxylic acids is 1. The van der Waals surface area contributed by atoms with E-state index in [9.17, 15) is 4.79 Å². The third-order valence-corrected chi connectivity index (χ3v) is 3.80. The first-order valence-corrected chi connectivity index (χ1v) is 6.34. The van der Waals surface area contributed by atoms with Crippen LogP contribution in [0.25, 0.3) is 0 Å². The molecule has 3 nitrogen and oxygen atoms in total. The van der Waals surface area contributed by atoms with E-state index in [4.69, 9.17) is 0 Å². The van der Waals surface area contributed by atoms with E-state index in [-0.39, 0.29) is 0 Å². The Kier molecular flexibility index (Phi) is 3.49. The van der Waals surface area contributed by atoms with Crippen LogP contribution in [0.4, 0.5) is 0 Å². The maximum Gasteiger partial charge on any atom is 0.135 e. The number of likely N-dealkylation sites (tertiary alicyclic amines) is 1. The number of nitrogens with zero attached hydrogens (tertiary/aromatic N) is 2. The summed E-state index contributed by atoms with van der Waals surface area (Å²) in [7, 11) is 0. The SMILES string of the molecule is CCC(c1nccs1)N1CCC(=O)CC1. The van der Waals surface area contributed by atoms with Gasteiger partial charge in [-0.3, -0.25) is 9.69 Å². The Hall–Kier alpha value is -0.740. The highest BCUT2D eigenvalue weighted by Crippen LogP contribution is 2.27. The highest BCUT2D eigenvalue weighted by Gasteiger charge is 2.24. The van der Waals surface area contributed by atoms with E-state index in [1.807, 2.05) is 11.6 Å². The molecule has 1 fully saturated rings. The Balaban J connectivity index is 2.04. The van der Waals surface area contributed by atoms with Crippen LogP contribution < -0.4 is 0 Å². The van der Waals surface area contributed by atoms with Crippen LogP contribution in [-0.2, 0) is 4.79 Å². The maximum absolute atomic E-state index is 11.2. The Morgan fingerprint density at radius 1 is 1.53 bits per heavy atom. The number of ketones is 1. The molecule has 2 heterocycles. The van der Waals surface area contributed by atoms with E-state index in [0.29, 0.717) is 24.7 Å². The zero-order valence-electron chi connectivity index (χ0n) is 8.98. The van der Waals surface area contributed by atoms with Crippen LogP contribution in [0.2, 0.25) is 0 Å². The van der Waals surface area contributed by atoms with Crippen LogP contribution >= 0.6 is 11.3 Å². The van der Waals surface area contributed by atoms with Crippen LogP contribution in [0.1, 0.15) is 37.2 Å². The lowest BCUT2D eigenvalue weighted by molar-refractivity contribution is -0.122. The molecule has 1 aliphatic heterocycles. The number of thiazole rings is 1. The second kappa shape index (κ2) is 4.86. The maximum atomic E-state index is 11.2. The van der Waals surface area contributed by atoms with Crippen molar-refractivity contribution in [3.63, 3.8) is 0 Å². The van der Waals surface area contributed by atoms with Gasteiger partial charge in [-0.05, 0) is 6.42 Å². The van der Waals surface area contributed by atoms with Gasteiger partial charge in [0.05, 0.1) is 6.04 Å². The van der Waals surface area contributed by atoms with E-state index < -0.39 is 0 Å². The molecule has 0 spiro atoms. The molecule has 0 bridgehead atoms. The molecule has 1 aliphatic rings. The molecule has 0 aliphatic carbocycles. The lowest BCUT2D eigenvalue weighted by atomic mass is 10.1. The monoisotopic (exact) mass is 224 g/mol. The Bertz CT molecular complexity index is 313. The van der Waals surface area contributed by atoms with Crippen molar-refractivity contribution >= 4 is 17.1 Å². The fourth-order valence-electron chi connectivity index (χ4n) is 2.07. The van der Waals surface area contributed by atoms with Crippen molar-refractivity contribution in [2.75, 3.05) is 13.1 Å². The minimum atomic E-state index is 0.403. The molecule has 0 radical (unpaired) electrons. The van der Waals surface area contributed by atoms with Gasteiger partial charge in [0.1, 0.15) is 10.8 Å². The Morgan fingerprint density at radius 2 is 2.27 bits per heavy atom. The predicted molar refractivity (Wildman–Crippen MR) is 61.0 cm³/mol. The quantitative estimate of drug-likeness (QED) is 0.789. The summed E-state index contributed by atoms with van der Waals surface area (Å²) >= 11 is 1.71. The largest absolute Gasteiger partial charge is 0.300 e. The molecule has 1 aromatic heterocycles. The van der Waals surface area contributed by atoms with Crippen LogP contribution in [0, 0.1) is 0 Å². The minimum Gasteiger partial charge on any atom is -0.300 e. The summed E-state index contributed by atoms with van der Waals surface area (Å²) < 4.78 is 0. The highest BCUT2D eigenvalue weighted by atomic mass is 32.1. The van der Waals surface area contributed by atoms with Gasteiger partial charge in [0, 0.05) is 37.5 Å². The smallest absolute Gasteiger partial charge is 0.135 e. The second-order valence-electron chi connectivity index (χ2n) is 3.87. The van der Waals surface area contributed by atoms with E-state index in [2.05, 4.69) is 16.8 Å². The predicted octanol–water partition coefficient (Wildman–Crippen LogP) is 2.26. The van der Waals surface area contributed by atoms with E-state index in [1.165, 1.54) is 5.01 Å². The fourth-order valence-corrected chi connectivity index (χ4v) is 2.93. The van der Waals surface area contributed by atoms with Crippen molar-refractivity contribution in [1.82, 2.24) is 9.88 Å². The molecular formula is C11H16N2OS. The molecule has 1 atom stereocenters. The first-order valence-electron chi connectivity index (χ1n) is 5.46. The summed E-state index contributed by atoms with van der Waals surface area (Å²) in [6.07, 6.45) is 4.35. The normalized spacial score (nSPS) is 20.5. The molecule has 15 heavy (non-hydrogen) atoms. The second-order valence-corrected chi connectivity index (χ2v) is 4.80. The van der Waals surface area contributed by atoms with Gasteiger partial charge in [-0.2, -0.15) is 0 Å². The minimum absolute atomic E-state index is 0.403. The van der Waals surface area contributed by atoms with Gasteiger partial charge in [-0.1, -0.05) is 6.92 Å². The first-order chi connectivity index (χ1) is 7.31. The van der Waals surface area contributed by atoms with Crippen molar-refractivity contribution < 1.29 is 4.79 Å². The molecule has 1 unspecified atom stereocenters. The number of aromatic nitrogens is 1. The fraction of sp³-hybridized carbons (Fsp3) is 0.636. The number of carbonyl (C=O) groups is 1. The summed E-state index contributed by atoms with van der Waals surface area (Å²) in [4.78, 5) is 17.9. The zero-order chi connectivity index (χ0) is 10.7. The van der Waals surface area contributed by atoms with Crippen LogP contribution in [0.3, 0.4) is 0 Å². The molecule has 2 rings (SSSR count). The van der Waals surface area contributed by atoms with E-state index in [0.717, 1.165) is 19.5 Å². The number of hydrogen-bond donors (Lipinski definition) is 0. The van der Waals surface area contributed by atoms with Crippen LogP contribution in [0.15, 0.2) is 11.6 Å². The van der Waals surface area contributed by atoms with Gasteiger partial charge in [-0.25, -0.2) is 4.98 Å². The standard InChI is InChI=1S/C11H16N2OS/c1-2-10(11-12-5-8-15-11)13-6-3-9(14)4-7-13/h5,8,10H,2-4,6-7H2,1H3. The van der Waals surface area contributed by atoms with Gasteiger partial charge < -0.3 is 0 Å². The molecule has 1 aromatic rings. The van der Waals surface area contributed by atoms with Crippen molar-refractivity contribution in [1.29, 1.82) is 0 Å². The van der Waals surface area contributed by atoms with Gasteiger partial charge in [0.2, 0.25) is 0 Å². The Morgan fingerprint density at radius 3 is 2.80 bits per heavy atom. The van der Waals surface area contributed by atoms with Gasteiger partial charge in [-0.15, -0.1) is 11.3 Å². The zero-order valence-corrected chi connectivity index (χ0v) is 9.80. The van der Waals surface area contributed by atoms with Crippen molar-refractivity contribution in [3.05, 3.63) is 16.6 Å². The molecule has 0 amide bonds. The number of rotatable bonds is 3. The number of Topliss-reactive ketones (excluding diaryl/α,β-unsaturated/α-hetero) is 1. The van der Waals surface area contributed by atoms with Gasteiger partial charge in [0.25, 0.3) is 0 Å². The molecule has 1 saturated heterocycles. The molecule has 82 valence electrons. The first kappa shape index (κ1) is 10.8. The summed E-state index contributed by atoms with van der Waals surface area (Å²) in [6.45, 7) is 3.98.